The first-order valence-electron chi connectivity index (χ1n) is 7.45. The van der Waals surface area contributed by atoms with Gasteiger partial charge in [0.25, 0.3) is 11.6 Å². The van der Waals surface area contributed by atoms with Gasteiger partial charge in [-0.2, -0.15) is 5.26 Å². The van der Waals surface area contributed by atoms with Crippen LogP contribution in [-0.2, 0) is 4.79 Å². The number of amides is 1. The van der Waals surface area contributed by atoms with E-state index < -0.39 is 22.5 Å². The van der Waals surface area contributed by atoms with Crippen LogP contribution in [0.2, 0.25) is 0 Å². The number of nitro groups is 1. The normalized spacial score (nSPS) is 10.0. The minimum absolute atomic E-state index is 0.101. The highest BCUT2D eigenvalue weighted by molar-refractivity contribution is 14.1. The van der Waals surface area contributed by atoms with Crippen LogP contribution in [0.3, 0.4) is 0 Å². The van der Waals surface area contributed by atoms with Crippen molar-refractivity contribution in [1.82, 2.24) is 5.32 Å². The molecule has 0 saturated heterocycles. The third-order valence-corrected chi connectivity index (χ3v) is 4.19. The lowest BCUT2D eigenvalue weighted by molar-refractivity contribution is -0.385. The van der Waals surface area contributed by atoms with Crippen molar-refractivity contribution in [1.29, 1.82) is 5.26 Å². The van der Waals surface area contributed by atoms with Crippen molar-refractivity contribution in [3.05, 3.63) is 33.4 Å². The van der Waals surface area contributed by atoms with Crippen LogP contribution in [0.1, 0.15) is 22.3 Å². The molecule has 0 bridgehead atoms. The Hall–Kier alpha value is -1.94. The lowest BCUT2D eigenvalue weighted by Gasteiger charge is -2.24. The van der Waals surface area contributed by atoms with Crippen molar-refractivity contribution in [2.75, 3.05) is 34.3 Å². The minimum Gasteiger partial charge on any atom is -0.481 e. The van der Waals surface area contributed by atoms with Crippen LogP contribution >= 0.6 is 38.5 Å². The predicted octanol–water partition coefficient (Wildman–Crippen LogP) is 2.31. The number of carbonyl (C=O) groups is 2. The van der Waals surface area contributed by atoms with E-state index in [2.05, 4.69) is 43.8 Å². The number of hydrogen-bond donors (Lipinski definition) is 2. The molecule has 0 atom stereocenters. The molecular weight excluding hydrogens is 523 g/mol. The molecule has 0 aliphatic heterocycles. The molecule has 0 spiro atoms. The van der Waals surface area contributed by atoms with Gasteiger partial charge in [0, 0.05) is 35.5 Å². The fourth-order valence-electron chi connectivity index (χ4n) is 2.20. The number of nitrogens with one attached hydrogen (secondary N) is 1. The summed E-state index contributed by atoms with van der Waals surface area (Å²) in [5.74, 6) is -1.84. The zero-order valence-corrected chi connectivity index (χ0v) is 17.3. The van der Waals surface area contributed by atoms with Crippen molar-refractivity contribution in [2.24, 2.45) is 0 Å². The Morgan fingerprint density at radius 3 is 2.62 bits per heavy atom. The molecule has 2 N–H and O–H groups in total. The largest absolute Gasteiger partial charge is 0.481 e. The number of hydrogen-bond acceptors (Lipinski definition) is 6. The number of carboxylic acid groups (broad SMARTS) is 1. The molecule has 1 aromatic rings. The van der Waals surface area contributed by atoms with Gasteiger partial charge in [0.05, 0.1) is 22.6 Å². The Morgan fingerprint density at radius 2 is 2.12 bits per heavy atom. The number of halogens is 2. The smallest absolute Gasteiger partial charge is 0.305 e. The minimum atomic E-state index is -1.09. The average Bonchev–Trinajstić information content (AvgIpc) is 2.59. The monoisotopic (exact) mass is 538 g/mol. The second-order valence-electron chi connectivity index (χ2n) is 5.02. The Morgan fingerprint density at radius 1 is 1.42 bits per heavy atom. The molecule has 0 heterocycles. The van der Waals surface area contributed by atoms with Gasteiger partial charge in [-0.1, -0.05) is 38.5 Å². The van der Waals surface area contributed by atoms with Crippen molar-refractivity contribution in [3.8, 4) is 6.07 Å². The highest BCUT2D eigenvalue weighted by Crippen LogP contribution is 2.29. The first-order chi connectivity index (χ1) is 12.3. The number of nitro benzene ring substituents is 1. The van der Waals surface area contributed by atoms with Crippen LogP contribution in [0, 0.1) is 21.4 Å². The first kappa shape index (κ1) is 22.1. The maximum Gasteiger partial charge on any atom is 0.305 e. The van der Waals surface area contributed by atoms with E-state index in [0.29, 0.717) is 24.1 Å². The molecule has 0 unspecified atom stereocenters. The summed E-state index contributed by atoms with van der Waals surface area (Å²) in [5, 5.41) is 32.3. The fraction of sp³-hybridized carbons (Fsp3) is 0.400. The molecule has 0 fully saturated rings. The molecule has 0 radical (unpaired) electrons. The molecule has 26 heavy (non-hydrogen) atoms. The first-order valence-corrected chi connectivity index (χ1v) is 10.1. The summed E-state index contributed by atoms with van der Waals surface area (Å²) >= 11 is 5.50. The number of benzene rings is 1. The molecule has 0 aromatic heterocycles. The lowest BCUT2D eigenvalue weighted by atomic mass is 10.0. The summed E-state index contributed by atoms with van der Waals surface area (Å²) in [6.07, 6.45) is -0.298. The summed E-state index contributed by atoms with van der Waals surface area (Å²) in [4.78, 5) is 35.3. The van der Waals surface area contributed by atoms with E-state index in [9.17, 15) is 25.0 Å². The summed E-state index contributed by atoms with van der Waals surface area (Å²) in [6, 6.07) is 4.34. The molecule has 1 rings (SSSR count). The van der Waals surface area contributed by atoms with Gasteiger partial charge in [0.2, 0.25) is 0 Å². The third-order valence-electron chi connectivity index (χ3n) is 3.35. The molecule has 0 saturated carbocycles. The SMILES string of the molecule is N#Cc1cc([N+](=O)[O-])c(C(=O)NCCC(=O)O)cc1N(CCBr)CCI. The average molecular weight is 539 g/mol. The van der Waals surface area contributed by atoms with Gasteiger partial charge in [-0.05, 0) is 6.07 Å². The number of anilines is 1. The van der Waals surface area contributed by atoms with Gasteiger partial charge in [0.1, 0.15) is 11.6 Å². The van der Waals surface area contributed by atoms with Gasteiger partial charge in [0.15, 0.2) is 0 Å². The number of nitrogens with zero attached hydrogens (tertiary/aromatic N) is 3. The van der Waals surface area contributed by atoms with Crippen LogP contribution < -0.4 is 10.2 Å². The van der Waals surface area contributed by atoms with E-state index in [1.165, 1.54) is 6.07 Å². The molecule has 9 nitrogen and oxygen atoms in total. The Labute approximate surface area is 171 Å². The molecule has 11 heteroatoms. The number of carbonyl (C=O) groups excluding carboxylic acids is 1. The zero-order valence-electron chi connectivity index (χ0n) is 13.6. The molecule has 0 aliphatic carbocycles. The summed E-state index contributed by atoms with van der Waals surface area (Å²) < 4.78 is 0.757. The van der Waals surface area contributed by atoms with Crippen LogP contribution in [0.4, 0.5) is 11.4 Å². The van der Waals surface area contributed by atoms with E-state index in [0.717, 1.165) is 10.5 Å². The maximum atomic E-state index is 12.3. The van der Waals surface area contributed by atoms with Crippen molar-refractivity contribution < 1.29 is 19.6 Å². The van der Waals surface area contributed by atoms with Gasteiger partial charge in [-0.3, -0.25) is 19.7 Å². The second-order valence-corrected chi connectivity index (χ2v) is 6.89. The van der Waals surface area contributed by atoms with E-state index >= 15 is 0 Å². The molecule has 0 aliphatic rings. The number of carboxylic acids is 1. The van der Waals surface area contributed by atoms with Crippen LogP contribution in [0.5, 0.6) is 0 Å². The summed E-state index contributed by atoms with van der Waals surface area (Å²) in [6.45, 7) is 0.994. The second kappa shape index (κ2) is 10.9. The van der Waals surface area contributed by atoms with Crippen molar-refractivity contribution >= 4 is 61.8 Å². The Bertz CT molecular complexity index is 731. The molecule has 1 aromatic carbocycles. The Kier molecular flexibility index (Phi) is 9.28. The van der Waals surface area contributed by atoms with E-state index in [1.807, 2.05) is 11.0 Å². The number of alkyl halides is 2. The maximum absolute atomic E-state index is 12.3. The molecule has 140 valence electrons. The number of aliphatic carboxylic acids is 1. The van der Waals surface area contributed by atoms with Gasteiger partial charge in [-0.25, -0.2) is 0 Å². The van der Waals surface area contributed by atoms with Crippen LogP contribution in [0.15, 0.2) is 12.1 Å². The lowest BCUT2D eigenvalue weighted by Crippen LogP contribution is -2.30. The van der Waals surface area contributed by atoms with E-state index in [4.69, 9.17) is 5.11 Å². The predicted molar refractivity (Wildman–Crippen MR) is 107 cm³/mol. The number of nitriles is 1. The van der Waals surface area contributed by atoms with E-state index in [-0.39, 0.29) is 24.1 Å². The molecule has 1 amide bonds. The molecular formula is C15H16BrIN4O5. The van der Waals surface area contributed by atoms with Gasteiger partial charge < -0.3 is 15.3 Å². The van der Waals surface area contributed by atoms with Gasteiger partial charge >= 0.3 is 5.97 Å². The third kappa shape index (κ3) is 6.10. The highest BCUT2D eigenvalue weighted by Gasteiger charge is 2.25. The van der Waals surface area contributed by atoms with Crippen LogP contribution in [0.25, 0.3) is 0 Å². The van der Waals surface area contributed by atoms with Crippen molar-refractivity contribution in [2.45, 2.75) is 6.42 Å². The van der Waals surface area contributed by atoms with Crippen molar-refractivity contribution in [3.63, 3.8) is 0 Å². The standard InChI is InChI=1S/C15H16BrIN4O5/c16-2-5-20(6-3-17)12-8-11(15(24)19-4-1-14(22)23)13(21(25)26)7-10(12)9-18/h7-8H,1-6H2,(H,19,24)(H,22,23). The van der Waals surface area contributed by atoms with E-state index in [1.54, 1.807) is 0 Å². The number of rotatable bonds is 10. The highest BCUT2D eigenvalue weighted by atomic mass is 127. The summed E-state index contributed by atoms with van der Waals surface area (Å²) in [7, 11) is 0. The fourth-order valence-corrected chi connectivity index (χ4v) is 3.21. The van der Waals surface area contributed by atoms with Gasteiger partial charge in [-0.15, -0.1) is 0 Å². The Balaban J connectivity index is 3.35. The topological polar surface area (TPSA) is 137 Å². The summed E-state index contributed by atoms with van der Waals surface area (Å²) in [5.41, 5.74) is -0.170. The van der Waals surface area contributed by atoms with Crippen LogP contribution in [-0.4, -0.2) is 51.3 Å². The quantitative estimate of drug-likeness (QED) is 0.202. The zero-order chi connectivity index (χ0) is 19.7.